The van der Waals surface area contributed by atoms with Crippen molar-refractivity contribution in [2.45, 2.75) is 77.2 Å². The molecule has 1 unspecified atom stereocenters. The van der Waals surface area contributed by atoms with Crippen LogP contribution in [0, 0.1) is 0 Å². The molecule has 0 heterocycles. The van der Waals surface area contributed by atoms with Gasteiger partial charge in [0.1, 0.15) is 0 Å². The quantitative estimate of drug-likeness (QED) is 0.505. The maximum absolute atomic E-state index is 11.3. The highest BCUT2D eigenvalue weighted by Crippen LogP contribution is 2.23. The van der Waals surface area contributed by atoms with Crippen LogP contribution >= 0.6 is 0 Å². The number of hydrogen-bond donors (Lipinski definition) is 3. The summed E-state index contributed by atoms with van der Waals surface area (Å²) in [6.07, 6.45) is 7.61. The Morgan fingerprint density at radius 1 is 1.12 bits per heavy atom. The van der Waals surface area contributed by atoms with E-state index in [9.17, 15) is 15.0 Å². The molecule has 1 amide bonds. The van der Waals surface area contributed by atoms with Gasteiger partial charge in [0.05, 0.1) is 18.8 Å². The third kappa shape index (κ3) is 7.57. The largest absolute Gasteiger partial charge is 0.394 e. The molecular weight excluding hydrogens is 314 g/mol. The van der Waals surface area contributed by atoms with Crippen LogP contribution < -0.4 is 5.32 Å². The molecule has 0 radical (unpaired) electrons. The highest BCUT2D eigenvalue weighted by Gasteiger charge is 2.29. The average molecular weight is 350 g/mol. The molecule has 0 aromatic heterocycles. The summed E-state index contributed by atoms with van der Waals surface area (Å²) in [5.41, 5.74) is 1.56. The SMILES string of the molecule is CCCCCCC(C)c1ccc(CCC(CO)(CO)NC(C)=O)cc1. The summed E-state index contributed by atoms with van der Waals surface area (Å²) in [5, 5.41) is 21.8. The average Bonchev–Trinajstić information content (AvgIpc) is 2.62. The Hall–Kier alpha value is -1.39. The molecule has 0 spiro atoms. The maximum atomic E-state index is 11.3. The minimum atomic E-state index is -0.947. The Balaban J connectivity index is 2.56. The topological polar surface area (TPSA) is 69.6 Å². The molecule has 0 bridgehead atoms. The van der Waals surface area contributed by atoms with Gasteiger partial charge in [0.15, 0.2) is 0 Å². The summed E-state index contributed by atoms with van der Waals surface area (Å²) in [6.45, 7) is 5.37. The van der Waals surface area contributed by atoms with Crippen molar-refractivity contribution in [3.8, 4) is 0 Å². The van der Waals surface area contributed by atoms with Gasteiger partial charge >= 0.3 is 0 Å². The molecule has 1 rings (SSSR count). The molecular formula is C21H35NO3. The first-order valence-electron chi connectivity index (χ1n) is 9.55. The zero-order valence-electron chi connectivity index (χ0n) is 16.1. The highest BCUT2D eigenvalue weighted by molar-refractivity contribution is 5.73. The molecule has 0 aliphatic rings. The molecule has 142 valence electrons. The standard InChI is InChI=1S/C21H35NO3/c1-4-5-6-7-8-17(2)20-11-9-19(10-12-20)13-14-21(15-23,16-24)22-18(3)25/h9-12,17,23-24H,4-8,13-16H2,1-3H3,(H,22,25). The number of hydrogen-bond acceptors (Lipinski definition) is 3. The molecule has 4 heteroatoms. The minimum Gasteiger partial charge on any atom is -0.394 e. The number of carbonyl (C=O) groups is 1. The van der Waals surface area contributed by atoms with Crippen LogP contribution in [0.3, 0.4) is 0 Å². The van der Waals surface area contributed by atoms with Crippen LogP contribution in [0.5, 0.6) is 0 Å². The fourth-order valence-electron chi connectivity index (χ4n) is 3.16. The summed E-state index contributed by atoms with van der Waals surface area (Å²) < 4.78 is 0. The predicted octanol–water partition coefficient (Wildman–Crippen LogP) is 3.55. The zero-order valence-corrected chi connectivity index (χ0v) is 16.1. The van der Waals surface area contributed by atoms with E-state index in [-0.39, 0.29) is 19.1 Å². The summed E-state index contributed by atoms with van der Waals surface area (Å²) in [4.78, 5) is 11.3. The van der Waals surface area contributed by atoms with Crippen LogP contribution in [0.15, 0.2) is 24.3 Å². The van der Waals surface area contributed by atoms with Gasteiger partial charge in [-0.25, -0.2) is 0 Å². The van der Waals surface area contributed by atoms with Gasteiger partial charge in [-0.2, -0.15) is 0 Å². The van der Waals surface area contributed by atoms with Crippen molar-refractivity contribution in [1.29, 1.82) is 0 Å². The Bertz CT molecular complexity index is 494. The van der Waals surface area contributed by atoms with Gasteiger partial charge in [-0.05, 0) is 36.3 Å². The van der Waals surface area contributed by atoms with E-state index in [1.807, 2.05) is 0 Å². The number of aliphatic hydroxyl groups excluding tert-OH is 2. The van der Waals surface area contributed by atoms with Gasteiger partial charge in [-0.3, -0.25) is 4.79 Å². The summed E-state index contributed by atoms with van der Waals surface area (Å²) in [6, 6.07) is 8.59. The number of benzene rings is 1. The molecule has 1 atom stereocenters. The molecule has 0 saturated heterocycles. The Kier molecular flexibility index (Phi) is 9.76. The van der Waals surface area contributed by atoms with Crippen molar-refractivity contribution in [2.24, 2.45) is 0 Å². The fourth-order valence-corrected chi connectivity index (χ4v) is 3.16. The van der Waals surface area contributed by atoms with E-state index in [2.05, 4.69) is 43.4 Å². The molecule has 0 fully saturated rings. The molecule has 25 heavy (non-hydrogen) atoms. The smallest absolute Gasteiger partial charge is 0.217 e. The highest BCUT2D eigenvalue weighted by atomic mass is 16.3. The number of aryl methyl sites for hydroxylation is 1. The van der Waals surface area contributed by atoms with Crippen LogP contribution in [0.1, 0.15) is 76.3 Å². The van der Waals surface area contributed by atoms with Crippen LogP contribution in [0.2, 0.25) is 0 Å². The van der Waals surface area contributed by atoms with Crippen molar-refractivity contribution in [3.05, 3.63) is 35.4 Å². The van der Waals surface area contributed by atoms with Gasteiger partial charge in [0.2, 0.25) is 5.91 Å². The lowest BCUT2D eigenvalue weighted by molar-refractivity contribution is -0.122. The lowest BCUT2D eigenvalue weighted by Gasteiger charge is -2.30. The first-order valence-corrected chi connectivity index (χ1v) is 9.55. The lowest BCUT2D eigenvalue weighted by Crippen LogP contribution is -2.53. The molecule has 4 nitrogen and oxygen atoms in total. The van der Waals surface area contributed by atoms with Crippen LogP contribution in [0.25, 0.3) is 0 Å². The summed E-state index contributed by atoms with van der Waals surface area (Å²) >= 11 is 0. The normalized spacial score (nSPS) is 12.8. The molecule has 0 aliphatic heterocycles. The number of amides is 1. The van der Waals surface area contributed by atoms with Crippen molar-refractivity contribution in [1.82, 2.24) is 5.32 Å². The van der Waals surface area contributed by atoms with Crippen molar-refractivity contribution >= 4 is 5.91 Å². The van der Waals surface area contributed by atoms with Crippen molar-refractivity contribution < 1.29 is 15.0 Å². The second-order valence-electron chi connectivity index (χ2n) is 7.27. The number of rotatable bonds is 12. The molecule has 0 aliphatic carbocycles. The second kappa shape index (κ2) is 11.3. The summed E-state index contributed by atoms with van der Waals surface area (Å²) in [5.74, 6) is 0.328. The number of unbranched alkanes of at least 4 members (excludes halogenated alkanes) is 3. The molecule has 1 aromatic carbocycles. The molecule has 1 aromatic rings. The van der Waals surface area contributed by atoms with Gasteiger partial charge in [0.25, 0.3) is 0 Å². The van der Waals surface area contributed by atoms with E-state index in [1.54, 1.807) is 0 Å². The van der Waals surface area contributed by atoms with Crippen molar-refractivity contribution in [2.75, 3.05) is 13.2 Å². The number of carbonyl (C=O) groups excluding carboxylic acids is 1. The number of nitrogens with one attached hydrogen (secondary N) is 1. The van der Waals surface area contributed by atoms with Crippen LogP contribution in [-0.4, -0.2) is 34.9 Å². The van der Waals surface area contributed by atoms with E-state index in [0.29, 0.717) is 18.8 Å². The van der Waals surface area contributed by atoms with Gasteiger partial charge in [-0.15, -0.1) is 0 Å². The first kappa shape index (κ1) is 21.7. The third-order valence-corrected chi connectivity index (χ3v) is 4.98. The summed E-state index contributed by atoms with van der Waals surface area (Å²) in [7, 11) is 0. The monoisotopic (exact) mass is 349 g/mol. The zero-order chi connectivity index (χ0) is 18.7. The molecule has 0 saturated carbocycles. The number of aliphatic hydroxyl groups is 2. The first-order chi connectivity index (χ1) is 12.0. The third-order valence-electron chi connectivity index (χ3n) is 4.98. The Labute approximate surface area is 152 Å². The van der Waals surface area contributed by atoms with E-state index in [0.717, 1.165) is 5.56 Å². The van der Waals surface area contributed by atoms with Crippen molar-refractivity contribution in [3.63, 3.8) is 0 Å². The van der Waals surface area contributed by atoms with Gasteiger partial charge in [0, 0.05) is 6.92 Å². The Morgan fingerprint density at radius 3 is 2.28 bits per heavy atom. The maximum Gasteiger partial charge on any atom is 0.217 e. The van der Waals surface area contributed by atoms with E-state index < -0.39 is 5.54 Å². The predicted molar refractivity (Wildman–Crippen MR) is 103 cm³/mol. The van der Waals surface area contributed by atoms with E-state index in [4.69, 9.17) is 0 Å². The van der Waals surface area contributed by atoms with Crippen LogP contribution in [0.4, 0.5) is 0 Å². The van der Waals surface area contributed by atoms with E-state index in [1.165, 1.54) is 44.6 Å². The van der Waals surface area contributed by atoms with Gasteiger partial charge < -0.3 is 15.5 Å². The van der Waals surface area contributed by atoms with E-state index >= 15 is 0 Å². The lowest BCUT2D eigenvalue weighted by atomic mass is 9.90. The molecule has 3 N–H and O–H groups in total. The second-order valence-corrected chi connectivity index (χ2v) is 7.27. The minimum absolute atomic E-state index is 0.240. The van der Waals surface area contributed by atoms with Crippen LogP contribution in [-0.2, 0) is 11.2 Å². The fraction of sp³-hybridized carbons (Fsp3) is 0.667. The van der Waals surface area contributed by atoms with Gasteiger partial charge in [-0.1, -0.05) is 63.8 Å². The Morgan fingerprint density at radius 2 is 1.76 bits per heavy atom.